The van der Waals surface area contributed by atoms with E-state index in [-0.39, 0.29) is 12.0 Å². The Labute approximate surface area is 130 Å². The van der Waals surface area contributed by atoms with Crippen molar-refractivity contribution < 1.29 is 4.79 Å². The van der Waals surface area contributed by atoms with Gasteiger partial charge < -0.3 is 10.6 Å². The second kappa shape index (κ2) is 6.68. The van der Waals surface area contributed by atoms with Crippen molar-refractivity contribution in [1.82, 2.24) is 4.90 Å². The molecule has 0 aromatic carbocycles. The van der Waals surface area contributed by atoms with E-state index in [9.17, 15) is 4.79 Å². The summed E-state index contributed by atoms with van der Waals surface area (Å²) in [6.07, 6.45) is 6.78. The van der Waals surface area contributed by atoms with Gasteiger partial charge in [-0.1, -0.05) is 27.7 Å². The second-order valence-electron chi connectivity index (χ2n) is 8.47. The van der Waals surface area contributed by atoms with Crippen LogP contribution >= 0.6 is 0 Å². The Balaban J connectivity index is 1.92. The predicted octanol–water partition coefficient (Wildman–Crippen LogP) is 3.42. The van der Waals surface area contributed by atoms with Gasteiger partial charge >= 0.3 is 0 Å². The highest BCUT2D eigenvalue weighted by Crippen LogP contribution is 2.40. The number of amides is 1. The molecule has 2 rings (SSSR count). The van der Waals surface area contributed by atoms with Crippen molar-refractivity contribution in [2.24, 2.45) is 28.9 Å². The molecule has 1 saturated carbocycles. The van der Waals surface area contributed by atoms with Gasteiger partial charge in [-0.3, -0.25) is 4.79 Å². The first-order valence-electron chi connectivity index (χ1n) is 8.83. The Morgan fingerprint density at radius 3 is 2.29 bits per heavy atom. The molecule has 1 heterocycles. The number of hydrogen-bond acceptors (Lipinski definition) is 2. The summed E-state index contributed by atoms with van der Waals surface area (Å²) in [5.41, 5.74) is 6.29. The summed E-state index contributed by atoms with van der Waals surface area (Å²) >= 11 is 0. The van der Waals surface area contributed by atoms with Crippen LogP contribution in [0.4, 0.5) is 0 Å². The predicted molar refractivity (Wildman–Crippen MR) is 87.9 cm³/mol. The molecule has 2 fully saturated rings. The lowest BCUT2D eigenvalue weighted by atomic mass is 9.69. The molecule has 1 amide bonds. The Kier molecular flexibility index (Phi) is 5.34. The van der Waals surface area contributed by atoms with E-state index in [4.69, 9.17) is 5.73 Å². The number of nitrogens with zero attached hydrogens (tertiary/aromatic N) is 1. The van der Waals surface area contributed by atoms with Crippen molar-refractivity contribution in [1.29, 1.82) is 0 Å². The quantitative estimate of drug-likeness (QED) is 0.848. The smallest absolute Gasteiger partial charge is 0.225 e. The molecular weight excluding hydrogens is 260 g/mol. The van der Waals surface area contributed by atoms with Gasteiger partial charge in [-0.15, -0.1) is 0 Å². The van der Waals surface area contributed by atoms with Gasteiger partial charge in [0.2, 0.25) is 5.91 Å². The van der Waals surface area contributed by atoms with Crippen molar-refractivity contribution >= 4 is 5.91 Å². The van der Waals surface area contributed by atoms with Gasteiger partial charge in [0.15, 0.2) is 0 Å². The zero-order chi connectivity index (χ0) is 15.6. The summed E-state index contributed by atoms with van der Waals surface area (Å²) in [6.45, 7) is 10.8. The lowest BCUT2D eigenvalue weighted by Crippen LogP contribution is -2.51. The fourth-order valence-corrected chi connectivity index (χ4v) is 4.21. The third-order valence-electron chi connectivity index (χ3n) is 5.83. The minimum Gasteiger partial charge on any atom is -0.338 e. The largest absolute Gasteiger partial charge is 0.338 e. The van der Waals surface area contributed by atoms with Crippen molar-refractivity contribution in [3.63, 3.8) is 0 Å². The molecule has 3 heteroatoms. The first-order valence-corrected chi connectivity index (χ1v) is 8.83. The number of carbonyl (C=O) groups is 1. The van der Waals surface area contributed by atoms with Crippen LogP contribution in [0.2, 0.25) is 0 Å². The number of carbonyl (C=O) groups excluding carboxylic acids is 1. The average Bonchev–Trinajstić information content (AvgIpc) is 2.45. The number of piperidine rings is 1. The van der Waals surface area contributed by atoms with Crippen molar-refractivity contribution in [2.45, 2.75) is 72.3 Å². The highest BCUT2D eigenvalue weighted by molar-refractivity contribution is 5.79. The van der Waals surface area contributed by atoms with Gasteiger partial charge in [0.05, 0.1) is 0 Å². The molecule has 1 saturated heterocycles. The third kappa shape index (κ3) is 4.00. The number of hydrogen-bond donors (Lipinski definition) is 1. The Hall–Kier alpha value is -0.570. The highest BCUT2D eigenvalue weighted by Gasteiger charge is 2.37. The number of nitrogens with two attached hydrogens (primary N) is 1. The van der Waals surface area contributed by atoms with Crippen molar-refractivity contribution in [3.8, 4) is 0 Å². The first-order chi connectivity index (χ1) is 9.82. The molecule has 0 spiro atoms. The lowest BCUT2D eigenvalue weighted by molar-refractivity contribution is -0.141. The zero-order valence-corrected chi connectivity index (χ0v) is 14.4. The standard InChI is InChI=1S/C18H34N2O/c1-13-9-10-20(16(11-13)12-19)17(21)14-5-7-15(8-6-14)18(2,3)4/h13-16H,5-12,19H2,1-4H3. The molecule has 2 aliphatic rings. The van der Waals surface area contributed by atoms with Gasteiger partial charge in [-0.05, 0) is 55.8 Å². The minimum absolute atomic E-state index is 0.256. The normalized spacial score (nSPS) is 34.8. The van der Waals surface area contributed by atoms with Crippen LogP contribution in [-0.2, 0) is 4.79 Å². The maximum absolute atomic E-state index is 12.9. The van der Waals surface area contributed by atoms with Crippen LogP contribution in [0.1, 0.15) is 66.2 Å². The fraction of sp³-hybridized carbons (Fsp3) is 0.944. The minimum atomic E-state index is 0.256. The van der Waals surface area contributed by atoms with E-state index >= 15 is 0 Å². The van der Waals surface area contributed by atoms with E-state index in [1.54, 1.807) is 0 Å². The van der Waals surface area contributed by atoms with Crippen LogP contribution in [0.15, 0.2) is 0 Å². The van der Waals surface area contributed by atoms with Crippen LogP contribution in [0.3, 0.4) is 0 Å². The van der Waals surface area contributed by atoms with E-state index in [0.717, 1.165) is 38.1 Å². The van der Waals surface area contributed by atoms with Crippen molar-refractivity contribution in [3.05, 3.63) is 0 Å². The van der Waals surface area contributed by atoms with E-state index in [1.807, 2.05) is 0 Å². The maximum Gasteiger partial charge on any atom is 0.225 e. The molecule has 2 N–H and O–H groups in total. The summed E-state index contributed by atoms with van der Waals surface area (Å²) in [6, 6.07) is 0.279. The van der Waals surface area contributed by atoms with E-state index < -0.39 is 0 Å². The summed E-state index contributed by atoms with van der Waals surface area (Å²) in [5.74, 6) is 2.13. The summed E-state index contributed by atoms with van der Waals surface area (Å²) in [5, 5.41) is 0. The Morgan fingerprint density at radius 1 is 1.14 bits per heavy atom. The highest BCUT2D eigenvalue weighted by atomic mass is 16.2. The van der Waals surface area contributed by atoms with Crippen LogP contribution < -0.4 is 5.73 Å². The molecule has 21 heavy (non-hydrogen) atoms. The molecule has 0 aromatic heterocycles. The Morgan fingerprint density at radius 2 is 1.76 bits per heavy atom. The molecule has 1 aliphatic heterocycles. The fourth-order valence-electron chi connectivity index (χ4n) is 4.21. The molecule has 0 aromatic rings. The maximum atomic E-state index is 12.9. The van der Waals surface area contributed by atoms with Gasteiger partial charge in [0, 0.05) is 25.0 Å². The molecule has 0 radical (unpaired) electrons. The van der Waals surface area contributed by atoms with Gasteiger partial charge in [-0.2, -0.15) is 0 Å². The molecule has 2 atom stereocenters. The van der Waals surface area contributed by atoms with E-state index in [1.165, 1.54) is 12.8 Å². The topological polar surface area (TPSA) is 46.3 Å². The first kappa shape index (κ1) is 16.8. The molecule has 1 aliphatic carbocycles. The lowest BCUT2D eigenvalue weighted by Gasteiger charge is -2.42. The van der Waals surface area contributed by atoms with Gasteiger partial charge in [0.25, 0.3) is 0 Å². The monoisotopic (exact) mass is 294 g/mol. The average molecular weight is 294 g/mol. The molecule has 3 nitrogen and oxygen atoms in total. The SMILES string of the molecule is CC1CCN(C(=O)C2CCC(C(C)(C)C)CC2)C(CN)C1. The van der Waals surface area contributed by atoms with E-state index in [0.29, 0.717) is 23.8 Å². The summed E-state index contributed by atoms with van der Waals surface area (Å²) in [4.78, 5) is 15.0. The van der Waals surface area contributed by atoms with Gasteiger partial charge in [-0.25, -0.2) is 0 Å². The zero-order valence-electron chi connectivity index (χ0n) is 14.4. The van der Waals surface area contributed by atoms with Crippen LogP contribution in [0, 0.1) is 23.2 Å². The van der Waals surface area contributed by atoms with Gasteiger partial charge in [0.1, 0.15) is 0 Å². The number of likely N-dealkylation sites (tertiary alicyclic amines) is 1. The van der Waals surface area contributed by atoms with Crippen LogP contribution in [0.5, 0.6) is 0 Å². The van der Waals surface area contributed by atoms with Crippen LogP contribution in [0.25, 0.3) is 0 Å². The molecular formula is C18H34N2O. The molecule has 2 unspecified atom stereocenters. The molecule has 0 bridgehead atoms. The third-order valence-corrected chi connectivity index (χ3v) is 5.83. The molecule has 122 valence electrons. The Bertz CT molecular complexity index is 353. The van der Waals surface area contributed by atoms with Crippen molar-refractivity contribution in [2.75, 3.05) is 13.1 Å². The number of rotatable bonds is 2. The summed E-state index contributed by atoms with van der Waals surface area (Å²) in [7, 11) is 0. The van der Waals surface area contributed by atoms with E-state index in [2.05, 4.69) is 32.6 Å². The van der Waals surface area contributed by atoms with Crippen LogP contribution in [-0.4, -0.2) is 29.9 Å². The second-order valence-corrected chi connectivity index (χ2v) is 8.47. The summed E-state index contributed by atoms with van der Waals surface area (Å²) < 4.78 is 0.